The Bertz CT molecular complexity index is 1920. The van der Waals surface area contributed by atoms with Gasteiger partial charge in [-0.05, 0) is 69.1 Å². The Morgan fingerprint density at radius 1 is 0.355 bits per heavy atom. The van der Waals surface area contributed by atoms with Crippen molar-refractivity contribution in [3.05, 3.63) is 24.3 Å². The highest BCUT2D eigenvalue weighted by molar-refractivity contribution is 7.47. The molecule has 17 nitrogen and oxygen atoms in total. The Morgan fingerprint density at radius 3 is 0.957 bits per heavy atom. The van der Waals surface area contributed by atoms with Crippen LogP contribution in [0.1, 0.15) is 350 Å². The van der Waals surface area contributed by atoms with Crippen LogP contribution < -0.4 is 0 Å². The molecule has 0 aliphatic carbocycles. The predicted molar refractivity (Wildman–Crippen MR) is 377 cm³/mol. The molecule has 0 amide bonds. The molecule has 0 aromatic carbocycles. The number of aliphatic hydroxyl groups excluding tert-OH is 1. The number of phosphoric acid groups is 2. The van der Waals surface area contributed by atoms with Crippen LogP contribution in [0.5, 0.6) is 0 Å². The van der Waals surface area contributed by atoms with Crippen molar-refractivity contribution in [1.29, 1.82) is 0 Å². The summed E-state index contributed by atoms with van der Waals surface area (Å²) in [5.74, 6) is 0.116. The summed E-state index contributed by atoms with van der Waals surface area (Å²) in [5.41, 5.74) is 0. The molecule has 0 aliphatic heterocycles. The topological polar surface area (TPSA) is 237 Å². The lowest BCUT2D eigenvalue weighted by Crippen LogP contribution is -2.30. The second-order valence-corrected chi connectivity index (χ2v) is 29.9. The minimum absolute atomic E-state index is 0.0847. The van der Waals surface area contributed by atoms with E-state index in [0.717, 1.165) is 121 Å². The molecule has 0 aliphatic rings. The standard InChI is InChI=1S/C74H140O17P2/c1-8-11-12-13-14-15-16-17-18-23-26-29-34-43-50-57-73(78)90-69(61-84-71(76)55-48-41-33-28-25-22-20-19-21-24-27-32-39-46-53-66(6)9-2)63-88-92(80,81)86-59-68(75)60-87-93(82,83)89-64-70(91-74(79)58-51-44-35-30-31-38-45-52-65(4)5)62-85-72(77)56-49-42-37-36-40-47-54-67(7)10-3/h15-18,65-70,75H,8-14,19-64H2,1-7H3,(H,80,81)(H,82,83)/b16-15-,18-17-/t66?,67?,68-,69-,70-/m1/s1. The van der Waals surface area contributed by atoms with Crippen molar-refractivity contribution in [3.63, 3.8) is 0 Å². The molecule has 0 spiro atoms. The van der Waals surface area contributed by atoms with Gasteiger partial charge in [0.25, 0.3) is 0 Å². The van der Waals surface area contributed by atoms with Crippen LogP contribution in [-0.2, 0) is 65.4 Å². The normalized spacial score (nSPS) is 14.9. The zero-order valence-electron chi connectivity index (χ0n) is 60.2. The maximum atomic E-state index is 13.1. The molecule has 0 aromatic heterocycles. The van der Waals surface area contributed by atoms with Gasteiger partial charge in [0.15, 0.2) is 12.2 Å². The molecule has 0 saturated carbocycles. The van der Waals surface area contributed by atoms with Gasteiger partial charge in [-0.1, -0.05) is 297 Å². The van der Waals surface area contributed by atoms with Gasteiger partial charge in [0.2, 0.25) is 0 Å². The number of ether oxygens (including phenoxy) is 4. The smallest absolute Gasteiger partial charge is 0.462 e. The fourth-order valence-electron chi connectivity index (χ4n) is 10.6. The molecule has 3 N–H and O–H groups in total. The number of aliphatic hydroxyl groups is 1. The van der Waals surface area contributed by atoms with Crippen molar-refractivity contribution < 1.29 is 80.2 Å². The molecule has 0 saturated heterocycles. The average molecular weight is 1360 g/mol. The van der Waals surface area contributed by atoms with Crippen molar-refractivity contribution in [2.24, 2.45) is 17.8 Å². The van der Waals surface area contributed by atoms with Gasteiger partial charge in [0.1, 0.15) is 19.3 Å². The van der Waals surface area contributed by atoms with E-state index < -0.39 is 97.5 Å². The average Bonchev–Trinajstić information content (AvgIpc) is 1.94. The summed E-state index contributed by atoms with van der Waals surface area (Å²) in [6, 6.07) is 0. The number of hydrogen-bond donors (Lipinski definition) is 3. The fraction of sp³-hybridized carbons (Fsp3) is 0.892. The van der Waals surface area contributed by atoms with Crippen molar-refractivity contribution >= 4 is 39.5 Å². The molecule has 19 heteroatoms. The molecule has 0 bridgehead atoms. The van der Waals surface area contributed by atoms with Gasteiger partial charge in [0.05, 0.1) is 26.4 Å². The van der Waals surface area contributed by atoms with E-state index in [1.807, 2.05) is 0 Å². The molecular formula is C74H140O17P2. The molecule has 0 heterocycles. The summed E-state index contributed by atoms with van der Waals surface area (Å²) in [5, 5.41) is 10.6. The highest BCUT2D eigenvalue weighted by Gasteiger charge is 2.30. The van der Waals surface area contributed by atoms with Crippen LogP contribution in [0.25, 0.3) is 0 Å². The number of phosphoric ester groups is 2. The SMILES string of the molecule is CCCCCC/C=C\C=C/CCCCCCCC(=O)O[C@H](COC(=O)CCCCCCCCCCCCCCCCC(C)CC)COP(=O)(O)OC[C@@H](O)COP(=O)(O)OC[C@@H](COC(=O)CCCCCCCCC(C)CC)OC(=O)CCCCCCCCCC(C)C. The maximum Gasteiger partial charge on any atom is 0.472 e. The van der Waals surface area contributed by atoms with Crippen molar-refractivity contribution in [1.82, 2.24) is 0 Å². The highest BCUT2D eigenvalue weighted by Crippen LogP contribution is 2.45. The third-order valence-electron chi connectivity index (χ3n) is 17.2. The number of carbonyl (C=O) groups excluding carboxylic acids is 4. The third kappa shape index (κ3) is 65.3. The molecule has 548 valence electrons. The zero-order valence-corrected chi connectivity index (χ0v) is 62.0. The summed E-state index contributed by atoms with van der Waals surface area (Å²) < 4.78 is 68.3. The lowest BCUT2D eigenvalue weighted by Gasteiger charge is -2.21. The number of carbonyl (C=O) groups is 4. The van der Waals surface area contributed by atoms with E-state index >= 15 is 0 Å². The predicted octanol–water partition coefficient (Wildman–Crippen LogP) is 21.0. The van der Waals surface area contributed by atoms with Gasteiger partial charge in [-0.15, -0.1) is 0 Å². The van der Waals surface area contributed by atoms with Crippen LogP contribution in [-0.4, -0.2) is 96.7 Å². The summed E-state index contributed by atoms with van der Waals surface area (Å²) >= 11 is 0. The lowest BCUT2D eigenvalue weighted by molar-refractivity contribution is -0.161. The maximum absolute atomic E-state index is 13.1. The summed E-state index contributed by atoms with van der Waals surface area (Å²) in [7, 11) is -9.92. The van der Waals surface area contributed by atoms with Crippen LogP contribution >= 0.6 is 15.6 Å². The first-order valence-corrected chi connectivity index (χ1v) is 40.7. The van der Waals surface area contributed by atoms with Crippen molar-refractivity contribution in [2.45, 2.75) is 369 Å². The van der Waals surface area contributed by atoms with Crippen molar-refractivity contribution in [3.8, 4) is 0 Å². The van der Waals surface area contributed by atoms with Crippen LogP contribution in [0.4, 0.5) is 0 Å². The van der Waals surface area contributed by atoms with Gasteiger partial charge in [-0.2, -0.15) is 0 Å². The van der Waals surface area contributed by atoms with Gasteiger partial charge in [0, 0.05) is 25.7 Å². The number of esters is 4. The van der Waals surface area contributed by atoms with Crippen LogP contribution in [0, 0.1) is 17.8 Å². The zero-order chi connectivity index (χ0) is 68.7. The second kappa shape index (κ2) is 64.2. The molecule has 7 atom stereocenters. The molecule has 0 aromatic rings. The fourth-order valence-corrected chi connectivity index (χ4v) is 12.2. The number of hydrogen-bond acceptors (Lipinski definition) is 15. The van der Waals surface area contributed by atoms with E-state index in [4.69, 9.17) is 37.0 Å². The van der Waals surface area contributed by atoms with Gasteiger partial charge in [-0.3, -0.25) is 37.3 Å². The molecule has 4 unspecified atom stereocenters. The molecule has 93 heavy (non-hydrogen) atoms. The minimum Gasteiger partial charge on any atom is -0.462 e. The molecule has 0 fully saturated rings. The number of rotatable bonds is 70. The molecule has 0 rings (SSSR count). The highest BCUT2D eigenvalue weighted by atomic mass is 31.2. The second-order valence-electron chi connectivity index (χ2n) is 27.0. The van der Waals surface area contributed by atoms with Gasteiger partial charge >= 0.3 is 39.5 Å². The Morgan fingerprint density at radius 2 is 0.634 bits per heavy atom. The van der Waals surface area contributed by atoms with Gasteiger partial charge < -0.3 is 33.8 Å². The quantitative estimate of drug-likeness (QED) is 0.0169. The monoisotopic (exact) mass is 1360 g/mol. The van der Waals surface area contributed by atoms with Crippen LogP contribution in [0.2, 0.25) is 0 Å². The molecular weight excluding hydrogens is 1220 g/mol. The Balaban J connectivity index is 5.26. The van der Waals surface area contributed by atoms with Crippen LogP contribution in [0.15, 0.2) is 24.3 Å². The van der Waals surface area contributed by atoms with E-state index in [1.165, 1.54) is 141 Å². The Hall–Kier alpha value is -2.46. The van der Waals surface area contributed by atoms with E-state index in [-0.39, 0.29) is 25.7 Å². The summed E-state index contributed by atoms with van der Waals surface area (Å²) in [6.45, 7) is 11.8. The first-order valence-electron chi connectivity index (χ1n) is 37.7. The van der Waals surface area contributed by atoms with E-state index in [2.05, 4.69) is 72.8 Å². The number of unbranched alkanes of at least 4 members (excludes halogenated alkanes) is 33. The Kier molecular flexibility index (Phi) is 62.5. The minimum atomic E-state index is -4.96. The van der Waals surface area contributed by atoms with Crippen LogP contribution in [0.3, 0.4) is 0 Å². The number of allylic oxidation sites excluding steroid dienone is 4. The van der Waals surface area contributed by atoms with E-state index in [9.17, 15) is 43.2 Å². The summed E-state index contributed by atoms with van der Waals surface area (Å²) in [6.07, 6.45) is 52.3. The van der Waals surface area contributed by atoms with Gasteiger partial charge in [-0.25, -0.2) is 9.13 Å². The molecule has 0 radical (unpaired) electrons. The van der Waals surface area contributed by atoms with E-state index in [1.54, 1.807) is 0 Å². The first-order chi connectivity index (χ1) is 44.8. The van der Waals surface area contributed by atoms with Crippen molar-refractivity contribution in [2.75, 3.05) is 39.6 Å². The Labute approximate surface area is 567 Å². The summed E-state index contributed by atoms with van der Waals surface area (Å²) in [4.78, 5) is 72.6. The largest absolute Gasteiger partial charge is 0.472 e. The third-order valence-corrected chi connectivity index (χ3v) is 19.1. The van der Waals surface area contributed by atoms with E-state index in [0.29, 0.717) is 31.6 Å². The lowest BCUT2D eigenvalue weighted by atomic mass is 9.99. The first kappa shape index (κ1) is 90.5.